The Labute approximate surface area is 373 Å². The second-order valence-electron chi connectivity index (χ2n) is 21.0. The standard InChI is InChI=1S/C45H74O19/c1-18(17-58-41-38(56)35(53)32(50)27(14-46)61-41)5-8-25-19(2)31-26(60-25)12-24-22-7-6-20-11-21(9-10-44(20,3)23(22)13-30(49)45(24,31)4)59-43-40(37(55)34(52)29(16-48)63-43)64-42-39(57)36(54)33(51)28(15-47)62-42/h18,20-24,26-43,46-57H,5-17H2,1-4H3/t18-,20-,21+,22-,23+,24+,26+,27-,28-,29-,30-,31+,32-,33-,34+,35+,36+,37+,38-,39-,40-,41-,42+,43-,44+,45-/m1/s1. The first-order valence-electron chi connectivity index (χ1n) is 23.6. The summed E-state index contributed by atoms with van der Waals surface area (Å²) < 4.78 is 42.0. The van der Waals surface area contributed by atoms with Gasteiger partial charge >= 0.3 is 0 Å². The Morgan fingerprint density at radius 2 is 1.25 bits per heavy atom. The van der Waals surface area contributed by atoms with Crippen LogP contribution in [-0.2, 0) is 33.2 Å². The van der Waals surface area contributed by atoms with Gasteiger partial charge in [0.2, 0.25) is 0 Å². The zero-order valence-electron chi connectivity index (χ0n) is 37.3. The van der Waals surface area contributed by atoms with Gasteiger partial charge < -0.3 is 94.4 Å². The Bertz CT molecular complexity index is 1620. The van der Waals surface area contributed by atoms with E-state index in [1.54, 1.807) is 0 Å². The molecule has 0 unspecified atom stereocenters. The largest absolute Gasteiger partial charge is 0.494 e. The highest BCUT2D eigenvalue weighted by Gasteiger charge is 2.68. The van der Waals surface area contributed by atoms with Crippen molar-refractivity contribution >= 4 is 0 Å². The summed E-state index contributed by atoms with van der Waals surface area (Å²) in [5, 5.41) is 125. The summed E-state index contributed by atoms with van der Waals surface area (Å²) in [7, 11) is 0. The number of ether oxygens (including phenoxy) is 7. The minimum absolute atomic E-state index is 0.0287. The molecule has 8 aliphatic rings. The van der Waals surface area contributed by atoms with Crippen molar-refractivity contribution in [3.63, 3.8) is 0 Å². The maximum Gasteiger partial charge on any atom is 0.187 e. The summed E-state index contributed by atoms with van der Waals surface area (Å²) in [6.07, 6.45) is -15.7. The molecule has 368 valence electrons. The van der Waals surface area contributed by atoms with E-state index in [2.05, 4.69) is 20.8 Å². The molecular weight excluding hydrogens is 844 g/mol. The lowest BCUT2D eigenvalue weighted by Crippen LogP contribution is -2.65. The van der Waals surface area contributed by atoms with Crippen LogP contribution >= 0.6 is 0 Å². The Balaban J connectivity index is 0.888. The molecule has 4 saturated carbocycles. The van der Waals surface area contributed by atoms with Gasteiger partial charge in [0.25, 0.3) is 0 Å². The van der Waals surface area contributed by atoms with E-state index in [9.17, 15) is 61.3 Å². The van der Waals surface area contributed by atoms with Gasteiger partial charge in [0.1, 0.15) is 79.4 Å². The molecule has 3 saturated heterocycles. The maximum absolute atomic E-state index is 12.3. The van der Waals surface area contributed by atoms with Crippen LogP contribution in [0.3, 0.4) is 0 Å². The SMILES string of the molecule is CC1=C(CC[C@@H](C)CO[C@@H]2O[C@H](CO)[C@@H](O)[C@H](O)[C@H]2O)O[C@H]2C[C@H]3[C@@H]4CC[C@@H]5C[C@@H](O[C@@H]6O[C@H](CO)[C@H](O)[C@H](O)[C@H]6O[C@@H]6O[C@H](CO)[C@@H](O)[C@H](O)[C@H]6O)CC[C@]5(C)[C@H]4C[C@@H](O)[C@]3(C)[C@@H]12. The van der Waals surface area contributed by atoms with Crippen molar-refractivity contribution in [1.29, 1.82) is 0 Å². The lowest BCUT2D eigenvalue weighted by atomic mass is 9.44. The van der Waals surface area contributed by atoms with E-state index in [0.29, 0.717) is 31.6 Å². The molecule has 0 spiro atoms. The average Bonchev–Trinajstić information content (AvgIpc) is 3.77. The number of fused-ring (bicyclic) bond motifs is 7. The van der Waals surface area contributed by atoms with Crippen molar-refractivity contribution in [3.8, 4) is 0 Å². The molecule has 0 amide bonds. The fourth-order valence-corrected chi connectivity index (χ4v) is 13.6. The predicted molar refractivity (Wildman–Crippen MR) is 219 cm³/mol. The van der Waals surface area contributed by atoms with Crippen molar-refractivity contribution in [3.05, 3.63) is 11.3 Å². The molecule has 19 nitrogen and oxygen atoms in total. The summed E-state index contributed by atoms with van der Waals surface area (Å²) in [5.74, 6) is 2.27. The third-order valence-electron chi connectivity index (χ3n) is 17.5. The summed E-state index contributed by atoms with van der Waals surface area (Å²) in [4.78, 5) is 0. The summed E-state index contributed by atoms with van der Waals surface area (Å²) in [5.41, 5.74) is 0.741. The van der Waals surface area contributed by atoms with Crippen molar-refractivity contribution in [1.82, 2.24) is 0 Å². The van der Waals surface area contributed by atoms with Gasteiger partial charge in [-0.15, -0.1) is 0 Å². The minimum atomic E-state index is -1.76. The maximum atomic E-state index is 12.3. The molecule has 0 aromatic heterocycles. The van der Waals surface area contributed by atoms with Crippen molar-refractivity contribution < 1.29 is 94.4 Å². The highest BCUT2D eigenvalue weighted by molar-refractivity contribution is 5.28. The number of aliphatic hydroxyl groups is 12. The fourth-order valence-electron chi connectivity index (χ4n) is 13.6. The molecule has 0 aromatic rings. The summed E-state index contributed by atoms with van der Waals surface area (Å²) >= 11 is 0. The second-order valence-corrected chi connectivity index (χ2v) is 21.0. The van der Waals surface area contributed by atoms with Crippen LogP contribution in [0.25, 0.3) is 0 Å². The Morgan fingerprint density at radius 1 is 0.656 bits per heavy atom. The van der Waals surface area contributed by atoms with E-state index < -0.39 is 118 Å². The van der Waals surface area contributed by atoms with E-state index in [1.807, 2.05) is 6.92 Å². The predicted octanol–water partition coefficient (Wildman–Crippen LogP) is -1.86. The molecule has 12 N–H and O–H groups in total. The molecular formula is C45H74O19. The van der Waals surface area contributed by atoms with Gasteiger partial charge in [-0.2, -0.15) is 0 Å². The molecule has 26 atom stereocenters. The number of aliphatic hydroxyl groups excluding tert-OH is 12. The summed E-state index contributed by atoms with van der Waals surface area (Å²) in [6, 6.07) is 0. The van der Waals surface area contributed by atoms with Gasteiger partial charge in [0.15, 0.2) is 18.9 Å². The van der Waals surface area contributed by atoms with Gasteiger partial charge in [-0.1, -0.05) is 20.8 Å². The quantitative estimate of drug-likeness (QED) is 0.0902. The van der Waals surface area contributed by atoms with Crippen molar-refractivity contribution in [2.45, 2.75) is 196 Å². The van der Waals surface area contributed by atoms with Gasteiger partial charge in [-0.3, -0.25) is 0 Å². The molecule has 64 heavy (non-hydrogen) atoms. The molecule has 4 aliphatic heterocycles. The molecule has 19 heteroatoms. The lowest BCUT2D eigenvalue weighted by molar-refractivity contribution is -0.373. The first-order valence-corrected chi connectivity index (χ1v) is 23.6. The molecule has 0 radical (unpaired) electrons. The van der Waals surface area contributed by atoms with Crippen LogP contribution in [0.5, 0.6) is 0 Å². The first kappa shape index (κ1) is 49.2. The third-order valence-corrected chi connectivity index (χ3v) is 17.5. The number of hydrogen-bond acceptors (Lipinski definition) is 19. The van der Waals surface area contributed by atoms with Crippen LogP contribution in [0.2, 0.25) is 0 Å². The van der Waals surface area contributed by atoms with Crippen LogP contribution in [-0.4, -0.2) is 198 Å². The highest BCUT2D eigenvalue weighted by atomic mass is 16.8. The third kappa shape index (κ3) is 8.52. The van der Waals surface area contributed by atoms with E-state index in [-0.39, 0.29) is 59.2 Å². The number of hydrogen-bond donors (Lipinski definition) is 12. The normalized spacial score (nSPS) is 53.2. The monoisotopic (exact) mass is 918 g/mol. The van der Waals surface area contributed by atoms with Crippen molar-refractivity contribution in [2.75, 3.05) is 26.4 Å². The summed E-state index contributed by atoms with van der Waals surface area (Å²) in [6.45, 7) is 7.16. The second kappa shape index (κ2) is 19.3. The molecule has 0 aromatic carbocycles. The van der Waals surface area contributed by atoms with E-state index in [4.69, 9.17) is 33.2 Å². The zero-order valence-corrected chi connectivity index (χ0v) is 37.3. The lowest BCUT2D eigenvalue weighted by Gasteiger charge is -2.62. The molecule has 4 heterocycles. The van der Waals surface area contributed by atoms with Crippen LogP contribution in [0.1, 0.15) is 85.5 Å². The first-order chi connectivity index (χ1) is 30.4. The molecule has 4 aliphatic carbocycles. The van der Waals surface area contributed by atoms with Gasteiger partial charge in [0, 0.05) is 17.8 Å². The zero-order chi connectivity index (χ0) is 46.2. The molecule has 0 bridgehead atoms. The average molecular weight is 919 g/mol. The van der Waals surface area contributed by atoms with Crippen LogP contribution in [0.4, 0.5) is 0 Å². The van der Waals surface area contributed by atoms with Crippen LogP contribution in [0.15, 0.2) is 11.3 Å². The highest BCUT2D eigenvalue weighted by Crippen LogP contribution is 2.70. The minimum Gasteiger partial charge on any atom is -0.494 e. The van der Waals surface area contributed by atoms with E-state index in [0.717, 1.165) is 37.9 Å². The fraction of sp³-hybridized carbons (Fsp3) is 0.956. The van der Waals surface area contributed by atoms with Crippen LogP contribution in [0, 0.1) is 46.3 Å². The van der Waals surface area contributed by atoms with E-state index >= 15 is 0 Å². The van der Waals surface area contributed by atoms with Crippen LogP contribution < -0.4 is 0 Å². The Morgan fingerprint density at radius 3 is 1.89 bits per heavy atom. The number of allylic oxidation sites excluding steroid dienone is 1. The van der Waals surface area contributed by atoms with Gasteiger partial charge in [-0.25, -0.2) is 0 Å². The van der Waals surface area contributed by atoms with Crippen molar-refractivity contribution in [2.24, 2.45) is 46.3 Å². The van der Waals surface area contributed by atoms with E-state index in [1.165, 1.54) is 5.57 Å². The smallest absolute Gasteiger partial charge is 0.187 e. The number of rotatable bonds is 13. The molecule has 7 fully saturated rings. The Hall–Kier alpha value is -1.18. The topological polar surface area (TPSA) is 307 Å². The van der Waals surface area contributed by atoms with Gasteiger partial charge in [0.05, 0.1) is 44.4 Å². The Kier molecular flexibility index (Phi) is 14.9. The van der Waals surface area contributed by atoms with Gasteiger partial charge in [-0.05, 0) is 98.9 Å². The molecule has 8 rings (SSSR count).